The van der Waals surface area contributed by atoms with Crippen LogP contribution in [0, 0.1) is 0 Å². The number of aromatic nitrogens is 2. The molecule has 1 aromatic heterocycles. The summed E-state index contributed by atoms with van der Waals surface area (Å²) >= 11 is 0. The maximum Gasteiger partial charge on any atom is 0.318 e. The highest BCUT2D eigenvalue weighted by molar-refractivity contribution is 5.29. The first kappa shape index (κ1) is 14.3. The van der Waals surface area contributed by atoms with Gasteiger partial charge in [0, 0.05) is 5.41 Å². The fraction of sp³-hybridized carbons (Fsp3) is 0.846. The molecule has 2 atom stereocenters. The van der Waals surface area contributed by atoms with Crippen LogP contribution < -0.4 is 4.90 Å². The van der Waals surface area contributed by atoms with E-state index in [0.29, 0.717) is 25.0 Å². The second-order valence-corrected chi connectivity index (χ2v) is 6.34. The van der Waals surface area contributed by atoms with Crippen molar-refractivity contribution in [3.05, 3.63) is 5.89 Å². The van der Waals surface area contributed by atoms with Crippen LogP contribution in [0.3, 0.4) is 0 Å². The smallest absolute Gasteiger partial charge is 0.318 e. The van der Waals surface area contributed by atoms with E-state index in [9.17, 15) is 5.11 Å². The summed E-state index contributed by atoms with van der Waals surface area (Å²) in [5.41, 5.74) is -0.169. The SMILES string of the molecule is CC(C)O[C@H]1CN(c2nnc(C(C)(C)C)o2)C[C@@H]1O. The monoisotopic (exact) mass is 269 g/mol. The molecule has 1 saturated heterocycles. The van der Waals surface area contributed by atoms with Crippen LogP contribution in [0.15, 0.2) is 4.42 Å². The Hall–Kier alpha value is -1.14. The van der Waals surface area contributed by atoms with E-state index in [0.717, 1.165) is 0 Å². The number of ether oxygens (including phenoxy) is 1. The van der Waals surface area contributed by atoms with Crippen LogP contribution in [-0.2, 0) is 10.2 Å². The number of aliphatic hydroxyl groups excluding tert-OH is 1. The molecule has 1 N–H and O–H groups in total. The Morgan fingerprint density at radius 3 is 2.53 bits per heavy atom. The third-order valence-electron chi connectivity index (χ3n) is 3.01. The van der Waals surface area contributed by atoms with Gasteiger partial charge in [0.1, 0.15) is 6.10 Å². The molecular formula is C13H23N3O3. The molecule has 0 aliphatic carbocycles. The molecule has 1 aromatic rings. The summed E-state index contributed by atoms with van der Waals surface area (Å²) in [6, 6.07) is 0.457. The van der Waals surface area contributed by atoms with Gasteiger partial charge in [0.05, 0.1) is 25.3 Å². The molecule has 0 radical (unpaired) electrons. The van der Waals surface area contributed by atoms with Crippen LogP contribution in [0.5, 0.6) is 0 Å². The van der Waals surface area contributed by atoms with Gasteiger partial charge in [0.2, 0.25) is 5.89 Å². The van der Waals surface area contributed by atoms with Crippen LogP contribution >= 0.6 is 0 Å². The first-order valence-electron chi connectivity index (χ1n) is 6.70. The Morgan fingerprint density at radius 2 is 2.00 bits per heavy atom. The minimum absolute atomic E-state index is 0.0902. The molecule has 0 saturated carbocycles. The predicted molar refractivity (Wildman–Crippen MR) is 71.2 cm³/mol. The summed E-state index contributed by atoms with van der Waals surface area (Å²) in [6.45, 7) is 11.0. The molecule has 1 aliphatic rings. The second kappa shape index (κ2) is 5.09. The first-order chi connectivity index (χ1) is 8.77. The van der Waals surface area contributed by atoms with Crippen molar-refractivity contribution in [3.8, 4) is 0 Å². The van der Waals surface area contributed by atoms with Gasteiger partial charge in [0.25, 0.3) is 0 Å². The summed E-state index contributed by atoms with van der Waals surface area (Å²) < 4.78 is 11.3. The molecule has 0 spiro atoms. The van der Waals surface area contributed by atoms with E-state index in [1.54, 1.807) is 0 Å². The molecule has 108 valence electrons. The molecule has 6 nitrogen and oxygen atoms in total. The van der Waals surface area contributed by atoms with E-state index in [-0.39, 0.29) is 17.6 Å². The van der Waals surface area contributed by atoms with Gasteiger partial charge in [-0.05, 0) is 13.8 Å². The molecule has 0 aromatic carbocycles. The summed E-state index contributed by atoms with van der Waals surface area (Å²) in [6.07, 6.45) is -0.634. The second-order valence-electron chi connectivity index (χ2n) is 6.34. The topological polar surface area (TPSA) is 71.6 Å². The maximum absolute atomic E-state index is 9.98. The van der Waals surface area contributed by atoms with Crippen LogP contribution in [0.4, 0.5) is 6.01 Å². The van der Waals surface area contributed by atoms with Crippen LogP contribution in [0.25, 0.3) is 0 Å². The minimum Gasteiger partial charge on any atom is -0.407 e. The number of hydrogen-bond acceptors (Lipinski definition) is 6. The van der Waals surface area contributed by atoms with E-state index in [2.05, 4.69) is 10.2 Å². The van der Waals surface area contributed by atoms with Crippen molar-refractivity contribution >= 4 is 6.01 Å². The number of nitrogens with zero attached hydrogens (tertiary/aromatic N) is 3. The number of rotatable bonds is 3. The third kappa shape index (κ3) is 3.25. The lowest BCUT2D eigenvalue weighted by Crippen LogP contribution is -2.29. The summed E-state index contributed by atoms with van der Waals surface area (Å²) in [4.78, 5) is 1.87. The average Bonchev–Trinajstić information content (AvgIpc) is 2.84. The summed E-state index contributed by atoms with van der Waals surface area (Å²) in [5, 5.41) is 18.1. The number of β-amino-alcohol motifs (C(OH)–C–C–N with tert-alkyl or cyclic N) is 1. The van der Waals surface area contributed by atoms with Crippen LogP contribution in [0.1, 0.15) is 40.5 Å². The summed E-state index contributed by atoms with van der Waals surface area (Å²) in [7, 11) is 0. The van der Waals surface area contributed by atoms with Gasteiger partial charge in [-0.3, -0.25) is 0 Å². The molecule has 0 unspecified atom stereocenters. The van der Waals surface area contributed by atoms with Gasteiger partial charge >= 0.3 is 6.01 Å². The predicted octanol–water partition coefficient (Wildman–Crippen LogP) is 1.34. The van der Waals surface area contributed by atoms with E-state index >= 15 is 0 Å². The van der Waals surface area contributed by atoms with Crippen LogP contribution in [0.2, 0.25) is 0 Å². The van der Waals surface area contributed by atoms with Crippen molar-refractivity contribution in [1.82, 2.24) is 10.2 Å². The quantitative estimate of drug-likeness (QED) is 0.893. The number of anilines is 1. The number of aliphatic hydroxyl groups is 1. The zero-order valence-electron chi connectivity index (χ0n) is 12.3. The fourth-order valence-electron chi connectivity index (χ4n) is 2.04. The molecule has 0 amide bonds. The lowest BCUT2D eigenvalue weighted by Gasteiger charge is -2.17. The third-order valence-corrected chi connectivity index (χ3v) is 3.01. The zero-order chi connectivity index (χ0) is 14.2. The standard InChI is InChI=1S/C13H23N3O3/c1-8(2)18-10-7-16(6-9(10)17)12-15-14-11(19-12)13(3,4)5/h8-10,17H,6-7H2,1-5H3/t9-,10-/m0/s1. The van der Waals surface area contributed by atoms with Gasteiger partial charge in [-0.1, -0.05) is 25.9 Å². The molecular weight excluding hydrogens is 246 g/mol. The van der Waals surface area contributed by atoms with Crippen molar-refractivity contribution in [2.45, 2.75) is 58.3 Å². The number of hydrogen-bond donors (Lipinski definition) is 1. The molecule has 2 heterocycles. The Bertz CT molecular complexity index is 425. The van der Waals surface area contributed by atoms with Crippen molar-refractivity contribution in [3.63, 3.8) is 0 Å². The Balaban J connectivity index is 2.06. The molecule has 2 rings (SSSR count). The normalized spacial score (nSPS) is 24.5. The van der Waals surface area contributed by atoms with Crippen molar-refractivity contribution < 1.29 is 14.3 Å². The average molecular weight is 269 g/mol. The molecule has 6 heteroatoms. The lowest BCUT2D eigenvalue weighted by molar-refractivity contribution is -0.0386. The lowest BCUT2D eigenvalue weighted by atomic mass is 9.97. The van der Waals surface area contributed by atoms with Gasteiger partial charge in [-0.2, -0.15) is 0 Å². The largest absolute Gasteiger partial charge is 0.407 e. The van der Waals surface area contributed by atoms with Gasteiger partial charge in [-0.15, -0.1) is 5.10 Å². The first-order valence-corrected chi connectivity index (χ1v) is 6.70. The molecule has 0 bridgehead atoms. The molecule has 1 aliphatic heterocycles. The zero-order valence-corrected chi connectivity index (χ0v) is 12.3. The van der Waals surface area contributed by atoms with E-state index in [1.807, 2.05) is 39.5 Å². The Morgan fingerprint density at radius 1 is 1.32 bits per heavy atom. The van der Waals surface area contributed by atoms with Crippen LogP contribution in [-0.4, -0.2) is 46.7 Å². The highest BCUT2D eigenvalue weighted by Gasteiger charge is 2.35. The maximum atomic E-state index is 9.98. The van der Waals surface area contributed by atoms with Crippen molar-refractivity contribution in [2.75, 3.05) is 18.0 Å². The van der Waals surface area contributed by atoms with Gasteiger partial charge in [0.15, 0.2) is 0 Å². The molecule has 1 fully saturated rings. The highest BCUT2D eigenvalue weighted by Crippen LogP contribution is 2.26. The van der Waals surface area contributed by atoms with Crippen molar-refractivity contribution in [1.29, 1.82) is 0 Å². The van der Waals surface area contributed by atoms with E-state index < -0.39 is 6.10 Å². The highest BCUT2D eigenvalue weighted by atomic mass is 16.5. The minimum atomic E-state index is -0.521. The van der Waals surface area contributed by atoms with Gasteiger partial charge < -0.3 is 19.2 Å². The summed E-state index contributed by atoms with van der Waals surface area (Å²) in [5.74, 6) is 0.602. The van der Waals surface area contributed by atoms with E-state index in [4.69, 9.17) is 9.15 Å². The fourth-order valence-corrected chi connectivity index (χ4v) is 2.04. The van der Waals surface area contributed by atoms with Gasteiger partial charge in [-0.25, -0.2) is 0 Å². The Kier molecular flexibility index (Phi) is 3.82. The van der Waals surface area contributed by atoms with E-state index in [1.165, 1.54) is 0 Å². The van der Waals surface area contributed by atoms with Crippen molar-refractivity contribution in [2.24, 2.45) is 0 Å². The molecule has 19 heavy (non-hydrogen) atoms. The Labute approximate surface area is 113 Å².